The summed E-state index contributed by atoms with van der Waals surface area (Å²) >= 11 is 0. The fourth-order valence-corrected chi connectivity index (χ4v) is 4.06. The van der Waals surface area contributed by atoms with E-state index in [1.807, 2.05) is 12.4 Å². The van der Waals surface area contributed by atoms with E-state index < -0.39 is 24.3 Å². The molecular formula is C23H22F6N4O4. The summed E-state index contributed by atoms with van der Waals surface area (Å²) in [6, 6.07) is 13.7. The van der Waals surface area contributed by atoms with Crippen molar-refractivity contribution in [3.8, 4) is 11.1 Å². The molecule has 2 aliphatic rings. The Morgan fingerprint density at radius 3 is 2.00 bits per heavy atom. The number of anilines is 1. The second-order valence-electron chi connectivity index (χ2n) is 8.46. The lowest BCUT2D eigenvalue weighted by atomic mass is 9.93. The summed E-state index contributed by atoms with van der Waals surface area (Å²) in [5.41, 5.74) is 3.57. The second kappa shape index (κ2) is 10.7. The second-order valence-corrected chi connectivity index (χ2v) is 8.46. The predicted molar refractivity (Wildman–Crippen MR) is 121 cm³/mol. The van der Waals surface area contributed by atoms with E-state index in [1.54, 1.807) is 0 Å². The van der Waals surface area contributed by atoms with Gasteiger partial charge in [-0.25, -0.2) is 14.6 Å². The number of H-pyrrole nitrogens is 1. The zero-order valence-electron chi connectivity index (χ0n) is 19.2. The molecule has 0 radical (unpaired) electrons. The van der Waals surface area contributed by atoms with E-state index in [0.717, 1.165) is 30.9 Å². The average molecular weight is 532 g/mol. The molecule has 0 bridgehead atoms. The first-order valence-corrected chi connectivity index (χ1v) is 10.8. The van der Waals surface area contributed by atoms with Gasteiger partial charge in [-0.1, -0.05) is 6.07 Å². The van der Waals surface area contributed by atoms with Crippen LogP contribution in [0.15, 0.2) is 48.8 Å². The van der Waals surface area contributed by atoms with Crippen molar-refractivity contribution in [1.29, 1.82) is 0 Å². The van der Waals surface area contributed by atoms with Gasteiger partial charge in [0.25, 0.3) is 0 Å². The molecule has 0 aliphatic carbocycles. The van der Waals surface area contributed by atoms with E-state index in [9.17, 15) is 26.3 Å². The molecule has 2 aromatic heterocycles. The Bertz CT molecular complexity index is 1220. The van der Waals surface area contributed by atoms with Gasteiger partial charge in [0.15, 0.2) is 0 Å². The van der Waals surface area contributed by atoms with Gasteiger partial charge >= 0.3 is 24.3 Å². The third kappa shape index (κ3) is 6.90. The van der Waals surface area contributed by atoms with Gasteiger partial charge in [-0.05, 0) is 48.3 Å². The molecule has 2 atom stereocenters. The van der Waals surface area contributed by atoms with Crippen molar-refractivity contribution in [2.75, 3.05) is 31.6 Å². The van der Waals surface area contributed by atoms with Crippen molar-refractivity contribution in [3.05, 3.63) is 48.8 Å². The summed E-state index contributed by atoms with van der Waals surface area (Å²) in [4.78, 5) is 30.6. The lowest BCUT2D eigenvalue weighted by Crippen LogP contribution is -2.52. The Balaban J connectivity index is 0.000000227. The number of nitrogens with zero attached hydrogens (tertiary/aromatic N) is 3. The third-order valence-electron chi connectivity index (χ3n) is 5.94. The third-order valence-corrected chi connectivity index (χ3v) is 5.94. The Morgan fingerprint density at radius 1 is 0.919 bits per heavy atom. The van der Waals surface area contributed by atoms with E-state index in [4.69, 9.17) is 24.8 Å². The predicted octanol–water partition coefficient (Wildman–Crippen LogP) is 4.25. The van der Waals surface area contributed by atoms with Crippen LogP contribution in [0.5, 0.6) is 0 Å². The molecule has 3 N–H and O–H groups in total. The van der Waals surface area contributed by atoms with Gasteiger partial charge < -0.3 is 25.0 Å². The minimum atomic E-state index is -5.08. The monoisotopic (exact) mass is 532 g/mol. The van der Waals surface area contributed by atoms with Crippen LogP contribution in [0, 0.1) is 5.92 Å². The largest absolute Gasteiger partial charge is 0.490 e. The smallest absolute Gasteiger partial charge is 0.475 e. The zero-order valence-corrected chi connectivity index (χ0v) is 19.2. The van der Waals surface area contributed by atoms with Gasteiger partial charge in [-0.2, -0.15) is 26.3 Å². The van der Waals surface area contributed by atoms with E-state index in [2.05, 4.69) is 58.2 Å². The van der Waals surface area contributed by atoms with Crippen LogP contribution in [0.3, 0.4) is 0 Å². The van der Waals surface area contributed by atoms with E-state index in [1.165, 1.54) is 28.6 Å². The van der Waals surface area contributed by atoms with E-state index >= 15 is 0 Å². The van der Waals surface area contributed by atoms with Gasteiger partial charge in [0.2, 0.25) is 0 Å². The molecule has 1 aromatic carbocycles. The highest BCUT2D eigenvalue weighted by Gasteiger charge is 2.43. The summed E-state index contributed by atoms with van der Waals surface area (Å²) in [5.74, 6) is -3.57. The molecule has 4 heterocycles. The molecule has 3 aromatic rings. The number of fused-ring (bicyclic) bond motifs is 2. The number of likely N-dealkylation sites (N-methyl/N-ethyl adjacent to an activating group) is 1. The summed E-state index contributed by atoms with van der Waals surface area (Å²) < 4.78 is 63.5. The fourth-order valence-electron chi connectivity index (χ4n) is 4.06. The van der Waals surface area contributed by atoms with Gasteiger partial charge in [-0.15, -0.1) is 0 Å². The summed E-state index contributed by atoms with van der Waals surface area (Å²) in [6.45, 7) is 3.50. The number of nitrogens with one attached hydrogen (secondary N) is 1. The number of carboxylic acids is 2. The highest BCUT2D eigenvalue weighted by molar-refractivity contribution is 5.85. The van der Waals surface area contributed by atoms with Crippen molar-refractivity contribution >= 4 is 28.7 Å². The lowest BCUT2D eigenvalue weighted by molar-refractivity contribution is -0.193. The van der Waals surface area contributed by atoms with Crippen LogP contribution in [0.2, 0.25) is 0 Å². The fraction of sp³-hybridized carbons (Fsp3) is 0.348. The van der Waals surface area contributed by atoms with Crippen molar-refractivity contribution in [3.63, 3.8) is 0 Å². The number of halogens is 6. The maximum atomic E-state index is 10.6. The van der Waals surface area contributed by atoms with Crippen LogP contribution >= 0.6 is 0 Å². The number of alkyl halides is 6. The van der Waals surface area contributed by atoms with Crippen LogP contribution in [0.1, 0.15) is 0 Å². The molecule has 2 aliphatic heterocycles. The highest BCUT2D eigenvalue weighted by Crippen LogP contribution is 2.33. The number of aliphatic carboxylic acids is 2. The van der Waals surface area contributed by atoms with Crippen molar-refractivity contribution in [2.24, 2.45) is 5.92 Å². The SMILES string of the molecule is CN1C[C@H]2CN(c3ccc(-c4ccc5[nH]ccc5c4)cn3)C[C@H]21.O=C(O)C(F)(F)F.O=C(O)C(F)(F)F. The number of hydrogen-bond acceptors (Lipinski definition) is 5. The normalized spacial score (nSPS) is 19.2. The standard InChI is InChI=1S/C19H20N4.2C2HF3O2/c1-22-10-16-11-23(12-18(16)22)19-5-3-15(9-21-19)13-2-4-17-14(8-13)6-7-20-17;2*3-2(4,5)1(6)7/h2-9,16,18,20H,10-12H2,1H3;2*(H,6,7)/t16-,18+;;/m0../s1. The van der Waals surface area contributed by atoms with Crippen molar-refractivity contribution in [2.45, 2.75) is 18.4 Å². The van der Waals surface area contributed by atoms with Crippen LogP contribution < -0.4 is 4.90 Å². The quantitative estimate of drug-likeness (QED) is 0.424. The molecule has 8 nitrogen and oxygen atoms in total. The first kappa shape index (κ1) is 27.8. The lowest BCUT2D eigenvalue weighted by Gasteiger charge is -2.40. The average Bonchev–Trinajstić information content (AvgIpc) is 3.42. The zero-order chi connectivity index (χ0) is 27.5. The van der Waals surface area contributed by atoms with Gasteiger partial charge in [0.1, 0.15) is 5.82 Å². The topological polar surface area (TPSA) is 110 Å². The first-order chi connectivity index (χ1) is 17.2. The molecular weight excluding hydrogens is 510 g/mol. The van der Waals surface area contributed by atoms with Gasteiger partial charge in [0.05, 0.1) is 0 Å². The maximum Gasteiger partial charge on any atom is 0.490 e. The minimum absolute atomic E-state index is 0.729. The summed E-state index contributed by atoms with van der Waals surface area (Å²) in [7, 11) is 2.22. The van der Waals surface area contributed by atoms with Crippen LogP contribution in [-0.2, 0) is 9.59 Å². The number of likely N-dealkylation sites (tertiary alicyclic amines) is 1. The molecule has 37 heavy (non-hydrogen) atoms. The van der Waals surface area contributed by atoms with Crippen molar-refractivity contribution < 1.29 is 46.1 Å². The molecule has 5 rings (SSSR count). The number of pyridine rings is 1. The summed E-state index contributed by atoms with van der Waals surface area (Å²) in [6.07, 6.45) is -6.18. The number of aromatic amines is 1. The molecule has 200 valence electrons. The van der Waals surface area contributed by atoms with Gasteiger partial charge in [-0.3, -0.25) is 0 Å². The minimum Gasteiger partial charge on any atom is -0.475 e. The molecule has 0 amide bonds. The van der Waals surface area contributed by atoms with Crippen LogP contribution in [0.25, 0.3) is 22.0 Å². The Hall–Kier alpha value is -3.81. The number of carboxylic acid groups (broad SMARTS) is 2. The highest BCUT2D eigenvalue weighted by atomic mass is 19.4. The maximum absolute atomic E-state index is 10.6. The molecule has 0 unspecified atom stereocenters. The Morgan fingerprint density at radius 2 is 1.51 bits per heavy atom. The van der Waals surface area contributed by atoms with Gasteiger partial charge in [0, 0.05) is 55.1 Å². The number of carbonyl (C=O) groups is 2. The van der Waals surface area contributed by atoms with Crippen LogP contribution in [-0.4, -0.2) is 82.1 Å². The molecule has 2 fully saturated rings. The number of rotatable bonds is 2. The molecule has 2 saturated heterocycles. The summed E-state index contributed by atoms with van der Waals surface area (Å²) in [5, 5.41) is 15.5. The molecule has 14 heteroatoms. The number of hydrogen-bond donors (Lipinski definition) is 3. The molecule has 0 saturated carbocycles. The number of aromatic nitrogens is 2. The van der Waals surface area contributed by atoms with E-state index in [-0.39, 0.29) is 0 Å². The van der Waals surface area contributed by atoms with Crippen molar-refractivity contribution in [1.82, 2.24) is 14.9 Å². The first-order valence-electron chi connectivity index (χ1n) is 10.8. The van der Waals surface area contributed by atoms with E-state index in [0.29, 0.717) is 0 Å². The Labute approximate surface area is 206 Å². The Kier molecular flexibility index (Phi) is 8.00. The number of benzene rings is 1. The van der Waals surface area contributed by atoms with Crippen LogP contribution in [0.4, 0.5) is 32.2 Å². The molecule has 0 spiro atoms.